The van der Waals surface area contributed by atoms with Crippen LogP contribution in [0.2, 0.25) is 0 Å². The number of hydrogen-bond acceptors (Lipinski definition) is 5. The van der Waals surface area contributed by atoms with Crippen molar-refractivity contribution in [1.29, 1.82) is 0 Å². The minimum atomic E-state index is -1.91. The van der Waals surface area contributed by atoms with Gasteiger partial charge in [-0.25, -0.2) is 8.78 Å². The van der Waals surface area contributed by atoms with E-state index in [1.165, 1.54) is 0 Å². The van der Waals surface area contributed by atoms with Gasteiger partial charge in [-0.2, -0.15) is 8.78 Å². The number of nitrogens with zero attached hydrogens (tertiary/aromatic N) is 2. The van der Waals surface area contributed by atoms with E-state index in [1.807, 2.05) is 24.1 Å². The van der Waals surface area contributed by atoms with Crippen LogP contribution in [0.5, 0.6) is 5.75 Å². The Bertz CT molecular complexity index is 1120. The van der Waals surface area contributed by atoms with Gasteiger partial charge in [-0.1, -0.05) is 26.0 Å². The van der Waals surface area contributed by atoms with Crippen LogP contribution >= 0.6 is 12.2 Å². The van der Waals surface area contributed by atoms with Gasteiger partial charge in [-0.3, -0.25) is 14.9 Å². The highest BCUT2D eigenvalue weighted by Gasteiger charge is 2.31. The SMILES string of the molecule is COc1c(F)c(F)c(C(=O)NC(=S)Nc2ccccc2N2CCN(C(=O)C(C)C)CC2)c(F)c1F. The van der Waals surface area contributed by atoms with Crippen molar-refractivity contribution in [2.24, 2.45) is 5.92 Å². The minimum absolute atomic E-state index is 0.0748. The maximum absolute atomic E-state index is 14.2. The first kappa shape index (κ1) is 26.2. The van der Waals surface area contributed by atoms with Crippen LogP contribution in [0.25, 0.3) is 0 Å². The van der Waals surface area contributed by atoms with Crippen LogP contribution in [0.1, 0.15) is 24.2 Å². The van der Waals surface area contributed by atoms with Crippen LogP contribution in [0.4, 0.5) is 28.9 Å². The molecule has 0 saturated carbocycles. The quantitative estimate of drug-likeness (QED) is 0.362. The number of benzene rings is 2. The standard InChI is InChI=1S/C23H24F4N4O3S/c1-12(2)22(33)31-10-8-30(9-11-31)14-7-5-4-6-13(14)28-23(35)29-21(32)15-16(24)18(26)20(34-3)19(27)17(15)25/h4-7,12H,8-11H2,1-3H3,(H2,28,29,32,35). The summed E-state index contributed by atoms with van der Waals surface area (Å²) in [6.07, 6.45) is 0. The molecule has 1 fully saturated rings. The molecule has 0 radical (unpaired) electrons. The van der Waals surface area contributed by atoms with E-state index in [0.717, 1.165) is 12.8 Å². The van der Waals surface area contributed by atoms with E-state index >= 15 is 0 Å². The van der Waals surface area contributed by atoms with Crippen LogP contribution in [-0.2, 0) is 4.79 Å². The molecule has 35 heavy (non-hydrogen) atoms. The van der Waals surface area contributed by atoms with E-state index in [2.05, 4.69) is 10.1 Å². The van der Waals surface area contributed by atoms with E-state index in [1.54, 1.807) is 29.2 Å². The van der Waals surface area contributed by atoms with Gasteiger partial charge in [0.25, 0.3) is 5.91 Å². The van der Waals surface area contributed by atoms with Gasteiger partial charge in [0.05, 0.1) is 18.5 Å². The Morgan fingerprint density at radius 3 is 2.09 bits per heavy atom. The molecule has 0 spiro atoms. The number of anilines is 2. The molecule has 188 valence electrons. The number of ether oxygens (including phenoxy) is 1. The highest BCUT2D eigenvalue weighted by molar-refractivity contribution is 7.80. The fraction of sp³-hybridized carbons (Fsp3) is 0.348. The summed E-state index contributed by atoms with van der Waals surface area (Å²) in [5.41, 5.74) is -0.265. The lowest BCUT2D eigenvalue weighted by atomic mass is 10.1. The Labute approximate surface area is 205 Å². The fourth-order valence-electron chi connectivity index (χ4n) is 3.70. The summed E-state index contributed by atoms with van der Waals surface area (Å²) in [4.78, 5) is 28.4. The molecule has 7 nitrogen and oxygen atoms in total. The Hall–Kier alpha value is -3.41. The van der Waals surface area contributed by atoms with Gasteiger partial charge in [0.15, 0.2) is 22.5 Å². The maximum Gasteiger partial charge on any atom is 0.263 e. The second-order valence-electron chi connectivity index (χ2n) is 8.06. The molecule has 2 aromatic carbocycles. The summed E-state index contributed by atoms with van der Waals surface area (Å²) in [5, 5.41) is 4.47. The normalized spacial score (nSPS) is 13.6. The zero-order valence-electron chi connectivity index (χ0n) is 19.3. The second kappa shape index (κ2) is 10.9. The van der Waals surface area contributed by atoms with E-state index in [-0.39, 0.29) is 16.9 Å². The number of piperazine rings is 1. The lowest BCUT2D eigenvalue weighted by Crippen LogP contribution is -2.50. The largest absolute Gasteiger partial charge is 0.491 e. The number of amides is 2. The molecule has 2 N–H and O–H groups in total. The summed E-state index contributed by atoms with van der Waals surface area (Å²) in [7, 11) is 0.832. The topological polar surface area (TPSA) is 73.9 Å². The molecule has 1 aliphatic rings. The average molecular weight is 513 g/mol. The lowest BCUT2D eigenvalue weighted by molar-refractivity contribution is -0.134. The Morgan fingerprint density at radius 1 is 0.971 bits per heavy atom. The first-order chi connectivity index (χ1) is 16.6. The highest BCUT2D eigenvalue weighted by Crippen LogP contribution is 2.30. The van der Waals surface area contributed by atoms with E-state index < -0.39 is 40.5 Å². The molecule has 1 heterocycles. The van der Waals surface area contributed by atoms with Crippen molar-refractivity contribution in [3.05, 3.63) is 53.1 Å². The molecule has 0 aromatic heterocycles. The van der Waals surface area contributed by atoms with Crippen molar-refractivity contribution >= 4 is 40.5 Å². The smallest absolute Gasteiger partial charge is 0.263 e. The minimum Gasteiger partial charge on any atom is -0.491 e. The molecule has 1 saturated heterocycles. The second-order valence-corrected chi connectivity index (χ2v) is 8.46. The predicted molar refractivity (Wildman–Crippen MR) is 127 cm³/mol. The zero-order valence-corrected chi connectivity index (χ0v) is 20.1. The highest BCUT2D eigenvalue weighted by atomic mass is 32.1. The van der Waals surface area contributed by atoms with Crippen LogP contribution in [-0.4, -0.2) is 55.1 Å². The third-order valence-electron chi connectivity index (χ3n) is 5.46. The Kier molecular flexibility index (Phi) is 8.15. The number of para-hydroxylation sites is 2. The summed E-state index contributed by atoms with van der Waals surface area (Å²) in [6.45, 7) is 5.85. The number of thiocarbonyl (C=S) groups is 1. The molecule has 1 aliphatic heterocycles. The van der Waals surface area contributed by atoms with Gasteiger partial charge in [-0.15, -0.1) is 0 Å². The van der Waals surface area contributed by atoms with Crippen molar-refractivity contribution in [2.45, 2.75) is 13.8 Å². The number of halogens is 4. The molecule has 0 bridgehead atoms. The fourth-order valence-corrected chi connectivity index (χ4v) is 3.90. The van der Waals surface area contributed by atoms with Crippen molar-refractivity contribution < 1.29 is 31.9 Å². The third kappa shape index (κ3) is 5.47. The molecule has 0 atom stereocenters. The predicted octanol–water partition coefficient (Wildman–Crippen LogP) is 3.68. The van der Waals surface area contributed by atoms with Crippen LogP contribution < -0.4 is 20.3 Å². The first-order valence-electron chi connectivity index (χ1n) is 10.7. The van der Waals surface area contributed by atoms with Gasteiger partial charge in [-0.05, 0) is 24.4 Å². The zero-order chi connectivity index (χ0) is 25.9. The van der Waals surface area contributed by atoms with Crippen LogP contribution in [0.15, 0.2) is 24.3 Å². The summed E-state index contributed by atoms with van der Waals surface area (Å²) < 4.78 is 60.7. The molecular weight excluding hydrogens is 488 g/mol. The summed E-state index contributed by atoms with van der Waals surface area (Å²) >= 11 is 5.08. The van der Waals surface area contributed by atoms with Crippen LogP contribution in [0, 0.1) is 29.2 Å². The number of methoxy groups -OCH3 is 1. The van der Waals surface area contributed by atoms with E-state index in [4.69, 9.17) is 12.2 Å². The van der Waals surface area contributed by atoms with Crippen molar-refractivity contribution in [3.8, 4) is 5.75 Å². The number of carbonyl (C=O) groups is 2. The lowest BCUT2D eigenvalue weighted by Gasteiger charge is -2.37. The molecule has 2 aromatic rings. The summed E-state index contributed by atoms with van der Waals surface area (Å²) in [6, 6.07) is 6.98. The third-order valence-corrected chi connectivity index (χ3v) is 5.66. The van der Waals surface area contributed by atoms with Gasteiger partial charge in [0.2, 0.25) is 17.5 Å². The Morgan fingerprint density at radius 2 is 1.54 bits per heavy atom. The van der Waals surface area contributed by atoms with Crippen molar-refractivity contribution in [3.63, 3.8) is 0 Å². The van der Waals surface area contributed by atoms with E-state index in [0.29, 0.717) is 31.9 Å². The number of carbonyl (C=O) groups excluding carboxylic acids is 2. The monoisotopic (exact) mass is 512 g/mol. The molecular formula is C23H24F4N4O3S. The average Bonchev–Trinajstić information content (AvgIpc) is 2.83. The molecule has 12 heteroatoms. The van der Waals surface area contributed by atoms with E-state index in [9.17, 15) is 27.2 Å². The number of rotatable bonds is 5. The van der Waals surface area contributed by atoms with Crippen LogP contribution in [0.3, 0.4) is 0 Å². The van der Waals surface area contributed by atoms with Gasteiger partial charge in [0, 0.05) is 32.1 Å². The van der Waals surface area contributed by atoms with Crippen molar-refractivity contribution in [2.75, 3.05) is 43.5 Å². The maximum atomic E-state index is 14.2. The summed E-state index contributed by atoms with van der Waals surface area (Å²) in [5.74, 6) is -10.3. The molecule has 2 amide bonds. The number of nitrogens with one attached hydrogen (secondary N) is 2. The Balaban J connectivity index is 1.73. The first-order valence-corrected chi connectivity index (χ1v) is 11.1. The van der Waals surface area contributed by atoms with Crippen molar-refractivity contribution in [1.82, 2.24) is 10.2 Å². The van der Waals surface area contributed by atoms with Gasteiger partial charge in [0.1, 0.15) is 5.56 Å². The van der Waals surface area contributed by atoms with Gasteiger partial charge >= 0.3 is 0 Å². The molecule has 0 aliphatic carbocycles. The number of hydrogen-bond donors (Lipinski definition) is 2. The van der Waals surface area contributed by atoms with Gasteiger partial charge < -0.3 is 19.9 Å². The molecule has 0 unspecified atom stereocenters. The molecule has 3 rings (SSSR count).